The number of thiazole rings is 1. The standard InChI is InChI=1S/C22H30N6O2S/c1-6-23-22-25-14(5)18(31-22)21(30)27-9-7-8-16(27)19-24-13(4)15-10-17(29)28(11-12(2)3)20(15)26-19/h12,16H,6-11H2,1-5H3,(H,23,25)/t16-/m0/s1. The maximum absolute atomic E-state index is 13.4. The Hall–Kier alpha value is -2.55. The number of nitrogens with one attached hydrogen (secondary N) is 1. The van der Waals surface area contributed by atoms with Crippen molar-refractivity contribution in [3.05, 3.63) is 27.7 Å². The Morgan fingerprint density at radius 2 is 2.00 bits per heavy atom. The molecule has 31 heavy (non-hydrogen) atoms. The van der Waals surface area contributed by atoms with Crippen LogP contribution in [0.3, 0.4) is 0 Å². The average molecular weight is 443 g/mol. The van der Waals surface area contributed by atoms with Crippen molar-refractivity contribution >= 4 is 34.1 Å². The van der Waals surface area contributed by atoms with Gasteiger partial charge in [-0.15, -0.1) is 0 Å². The fourth-order valence-electron chi connectivity index (χ4n) is 4.33. The molecule has 2 aliphatic heterocycles. The van der Waals surface area contributed by atoms with Gasteiger partial charge in [-0.05, 0) is 39.5 Å². The summed E-state index contributed by atoms with van der Waals surface area (Å²) >= 11 is 1.40. The molecule has 1 saturated heterocycles. The summed E-state index contributed by atoms with van der Waals surface area (Å²) in [6.07, 6.45) is 2.08. The van der Waals surface area contributed by atoms with E-state index in [0.717, 1.165) is 47.3 Å². The zero-order chi connectivity index (χ0) is 22.3. The molecular formula is C22H30N6O2S. The molecule has 0 bridgehead atoms. The number of likely N-dealkylation sites (tertiary alicyclic amines) is 1. The lowest BCUT2D eigenvalue weighted by atomic mass is 10.1. The third kappa shape index (κ3) is 4.03. The van der Waals surface area contributed by atoms with E-state index in [9.17, 15) is 9.59 Å². The lowest BCUT2D eigenvalue weighted by molar-refractivity contribution is -0.117. The molecule has 4 heterocycles. The normalized spacial score (nSPS) is 18.3. The Balaban J connectivity index is 1.65. The molecule has 0 spiro atoms. The number of hydrogen-bond acceptors (Lipinski definition) is 7. The first-order valence-corrected chi connectivity index (χ1v) is 11.8. The van der Waals surface area contributed by atoms with Gasteiger partial charge in [0.15, 0.2) is 11.0 Å². The Bertz CT molecular complexity index is 1020. The third-order valence-electron chi connectivity index (χ3n) is 5.77. The van der Waals surface area contributed by atoms with Crippen LogP contribution in [-0.2, 0) is 11.2 Å². The van der Waals surface area contributed by atoms with E-state index in [2.05, 4.69) is 24.1 Å². The predicted octanol–water partition coefficient (Wildman–Crippen LogP) is 3.50. The van der Waals surface area contributed by atoms with E-state index in [1.165, 1.54) is 11.3 Å². The molecule has 2 aromatic heterocycles. The van der Waals surface area contributed by atoms with E-state index in [4.69, 9.17) is 9.97 Å². The molecule has 2 amide bonds. The average Bonchev–Trinajstić information content (AvgIpc) is 3.40. The maximum Gasteiger partial charge on any atom is 0.266 e. The fraction of sp³-hybridized carbons (Fsp3) is 0.591. The highest BCUT2D eigenvalue weighted by Crippen LogP contribution is 2.37. The number of rotatable bonds is 6. The number of anilines is 2. The minimum Gasteiger partial charge on any atom is -0.362 e. The van der Waals surface area contributed by atoms with Crippen LogP contribution in [0.25, 0.3) is 0 Å². The van der Waals surface area contributed by atoms with Crippen molar-refractivity contribution in [2.75, 3.05) is 29.9 Å². The van der Waals surface area contributed by atoms with Crippen LogP contribution in [0.1, 0.15) is 72.1 Å². The Morgan fingerprint density at radius 1 is 1.23 bits per heavy atom. The molecule has 8 nitrogen and oxygen atoms in total. The zero-order valence-electron chi connectivity index (χ0n) is 18.9. The molecule has 0 saturated carbocycles. The van der Waals surface area contributed by atoms with Gasteiger partial charge in [-0.1, -0.05) is 25.2 Å². The van der Waals surface area contributed by atoms with Crippen molar-refractivity contribution < 1.29 is 9.59 Å². The van der Waals surface area contributed by atoms with Crippen LogP contribution in [0.15, 0.2) is 0 Å². The first kappa shape index (κ1) is 21.7. The number of fused-ring (bicyclic) bond motifs is 1. The van der Waals surface area contributed by atoms with Gasteiger partial charge in [0.1, 0.15) is 10.7 Å². The lowest BCUT2D eigenvalue weighted by Gasteiger charge is -2.25. The maximum atomic E-state index is 13.4. The van der Waals surface area contributed by atoms with Crippen molar-refractivity contribution in [1.29, 1.82) is 0 Å². The van der Waals surface area contributed by atoms with E-state index < -0.39 is 0 Å². The van der Waals surface area contributed by atoms with Crippen molar-refractivity contribution in [2.45, 2.75) is 59.9 Å². The van der Waals surface area contributed by atoms with Crippen molar-refractivity contribution in [2.24, 2.45) is 5.92 Å². The minimum absolute atomic E-state index is 0.0153. The molecule has 0 aromatic carbocycles. The highest BCUT2D eigenvalue weighted by Gasteiger charge is 2.37. The Kier molecular flexibility index (Phi) is 5.96. The van der Waals surface area contributed by atoms with Crippen LogP contribution < -0.4 is 10.2 Å². The predicted molar refractivity (Wildman–Crippen MR) is 122 cm³/mol. The first-order valence-electron chi connectivity index (χ1n) is 11.0. The minimum atomic E-state index is -0.183. The molecule has 166 valence electrons. The number of carbonyl (C=O) groups excluding carboxylic acids is 2. The molecule has 0 aliphatic carbocycles. The van der Waals surface area contributed by atoms with Crippen molar-refractivity contribution in [3.8, 4) is 0 Å². The molecule has 0 unspecified atom stereocenters. The summed E-state index contributed by atoms with van der Waals surface area (Å²) in [4.78, 5) is 44.4. The summed E-state index contributed by atoms with van der Waals surface area (Å²) in [7, 11) is 0. The smallest absolute Gasteiger partial charge is 0.266 e. The summed E-state index contributed by atoms with van der Waals surface area (Å²) in [6, 6.07) is -0.183. The number of amides is 2. The topological polar surface area (TPSA) is 91.3 Å². The highest BCUT2D eigenvalue weighted by atomic mass is 32.1. The van der Waals surface area contributed by atoms with E-state index >= 15 is 0 Å². The molecule has 1 atom stereocenters. The lowest BCUT2D eigenvalue weighted by Crippen LogP contribution is -2.33. The van der Waals surface area contributed by atoms with Gasteiger partial charge in [0.25, 0.3) is 5.91 Å². The van der Waals surface area contributed by atoms with Crippen molar-refractivity contribution in [1.82, 2.24) is 19.9 Å². The van der Waals surface area contributed by atoms with Crippen LogP contribution >= 0.6 is 11.3 Å². The molecule has 0 radical (unpaired) electrons. The molecule has 1 fully saturated rings. The largest absolute Gasteiger partial charge is 0.362 e. The molecule has 2 aromatic rings. The van der Waals surface area contributed by atoms with Gasteiger partial charge in [-0.3, -0.25) is 14.5 Å². The SMILES string of the molecule is CCNc1nc(C)c(C(=O)N2CCC[C@H]2c2nc(C)c3c(n2)N(CC(C)C)C(=O)C3)s1. The summed E-state index contributed by atoms with van der Waals surface area (Å²) < 4.78 is 0. The van der Waals surface area contributed by atoms with Gasteiger partial charge in [0.05, 0.1) is 18.2 Å². The van der Waals surface area contributed by atoms with Crippen LogP contribution in [0.5, 0.6) is 0 Å². The summed E-state index contributed by atoms with van der Waals surface area (Å²) in [5.41, 5.74) is 2.50. The summed E-state index contributed by atoms with van der Waals surface area (Å²) in [5, 5.41) is 3.96. The second kappa shape index (κ2) is 8.53. The Morgan fingerprint density at radius 3 is 2.71 bits per heavy atom. The highest BCUT2D eigenvalue weighted by molar-refractivity contribution is 7.17. The summed E-state index contributed by atoms with van der Waals surface area (Å²) in [5.74, 6) is 1.77. The van der Waals surface area contributed by atoms with E-state index in [-0.39, 0.29) is 17.9 Å². The van der Waals surface area contributed by atoms with E-state index in [0.29, 0.717) is 36.1 Å². The second-order valence-corrected chi connectivity index (χ2v) is 9.66. The monoisotopic (exact) mass is 442 g/mol. The van der Waals surface area contributed by atoms with Gasteiger partial charge in [-0.25, -0.2) is 15.0 Å². The third-order valence-corrected chi connectivity index (χ3v) is 6.88. The number of carbonyl (C=O) groups is 2. The molecule has 2 aliphatic rings. The number of aromatic nitrogens is 3. The van der Waals surface area contributed by atoms with Crippen LogP contribution in [0, 0.1) is 19.8 Å². The van der Waals surface area contributed by atoms with Crippen LogP contribution in [0.2, 0.25) is 0 Å². The zero-order valence-corrected chi connectivity index (χ0v) is 19.7. The van der Waals surface area contributed by atoms with Gasteiger partial charge >= 0.3 is 0 Å². The Labute approximate surface area is 187 Å². The fourth-order valence-corrected chi connectivity index (χ4v) is 5.32. The number of aryl methyl sites for hydroxylation is 2. The summed E-state index contributed by atoms with van der Waals surface area (Å²) in [6.45, 7) is 12.1. The van der Waals surface area contributed by atoms with Gasteiger partial charge < -0.3 is 10.2 Å². The number of nitrogens with zero attached hydrogens (tertiary/aromatic N) is 5. The number of hydrogen-bond donors (Lipinski definition) is 1. The second-order valence-electron chi connectivity index (χ2n) is 8.66. The van der Waals surface area contributed by atoms with Crippen molar-refractivity contribution in [3.63, 3.8) is 0 Å². The van der Waals surface area contributed by atoms with Gasteiger partial charge in [0, 0.05) is 30.9 Å². The molecular weight excluding hydrogens is 412 g/mol. The van der Waals surface area contributed by atoms with Gasteiger partial charge in [-0.2, -0.15) is 0 Å². The molecule has 9 heteroatoms. The molecule has 4 rings (SSSR count). The van der Waals surface area contributed by atoms with E-state index in [1.54, 1.807) is 4.90 Å². The van der Waals surface area contributed by atoms with Crippen LogP contribution in [-0.4, -0.2) is 51.3 Å². The quantitative estimate of drug-likeness (QED) is 0.736. The first-order chi connectivity index (χ1) is 14.8. The van der Waals surface area contributed by atoms with E-state index in [1.807, 2.05) is 25.7 Å². The van der Waals surface area contributed by atoms with Gasteiger partial charge in [0.2, 0.25) is 5.91 Å². The van der Waals surface area contributed by atoms with Crippen LogP contribution in [0.4, 0.5) is 10.9 Å². The molecule has 1 N–H and O–H groups in total.